The molecule has 38 heavy (non-hydrogen) atoms. The largest absolute Gasteiger partial charge is 0.372 e. The fourth-order valence-electron chi connectivity index (χ4n) is 5.61. The molecule has 0 aliphatic heterocycles. The van der Waals surface area contributed by atoms with Gasteiger partial charge in [0.15, 0.2) is 5.71 Å². The third-order valence-corrected chi connectivity index (χ3v) is 8.01. The first kappa shape index (κ1) is 29.4. The molecule has 2 nitrogen and oxygen atoms in total. The SMILES string of the molecule is CCC(=Cc1ccc(C(=C2C=CC(=[N+](CC)CC)C=C2C)c2ccc(N(CC)CC)cc2C)c(C)c1)CC. The van der Waals surface area contributed by atoms with Crippen LogP contribution in [0, 0.1) is 13.8 Å². The molecular formula is C36H49N2+. The maximum atomic E-state index is 2.42. The van der Waals surface area contributed by atoms with Crippen molar-refractivity contribution in [1.82, 2.24) is 0 Å². The van der Waals surface area contributed by atoms with Crippen LogP contribution in [-0.4, -0.2) is 36.5 Å². The van der Waals surface area contributed by atoms with Gasteiger partial charge in [-0.2, -0.15) is 0 Å². The van der Waals surface area contributed by atoms with Crippen molar-refractivity contribution < 1.29 is 4.58 Å². The summed E-state index contributed by atoms with van der Waals surface area (Å²) in [6.07, 6.45) is 11.6. The molecule has 0 N–H and O–H groups in total. The number of rotatable bonds is 10. The average molecular weight is 510 g/mol. The monoisotopic (exact) mass is 509 g/mol. The highest BCUT2D eigenvalue weighted by Gasteiger charge is 2.20. The van der Waals surface area contributed by atoms with Crippen LogP contribution in [0.4, 0.5) is 5.69 Å². The number of benzene rings is 2. The smallest absolute Gasteiger partial charge is 0.200 e. The van der Waals surface area contributed by atoms with E-state index in [4.69, 9.17) is 0 Å². The van der Waals surface area contributed by atoms with Crippen LogP contribution in [-0.2, 0) is 0 Å². The van der Waals surface area contributed by atoms with E-state index in [9.17, 15) is 0 Å². The van der Waals surface area contributed by atoms with Crippen LogP contribution in [0.3, 0.4) is 0 Å². The van der Waals surface area contributed by atoms with Gasteiger partial charge in [0, 0.05) is 30.9 Å². The van der Waals surface area contributed by atoms with Gasteiger partial charge in [-0.1, -0.05) is 49.8 Å². The molecule has 0 bridgehead atoms. The Morgan fingerprint density at radius 1 is 0.763 bits per heavy atom. The molecule has 0 fully saturated rings. The lowest BCUT2D eigenvalue weighted by Crippen LogP contribution is -2.21. The number of aryl methyl sites for hydroxylation is 2. The van der Waals surface area contributed by atoms with Gasteiger partial charge in [0.1, 0.15) is 13.1 Å². The number of allylic oxidation sites excluding steroid dienone is 6. The van der Waals surface area contributed by atoms with Gasteiger partial charge in [-0.3, -0.25) is 0 Å². The van der Waals surface area contributed by atoms with E-state index in [1.165, 1.54) is 61.5 Å². The number of anilines is 1. The van der Waals surface area contributed by atoms with E-state index >= 15 is 0 Å². The lowest BCUT2D eigenvalue weighted by atomic mass is 9.83. The zero-order chi connectivity index (χ0) is 27.8. The van der Waals surface area contributed by atoms with E-state index < -0.39 is 0 Å². The third kappa shape index (κ3) is 6.46. The normalized spacial score (nSPS) is 14.3. The Labute approximate surface area is 232 Å². The van der Waals surface area contributed by atoms with E-state index in [0.29, 0.717) is 0 Å². The zero-order valence-corrected chi connectivity index (χ0v) is 25.4. The highest BCUT2D eigenvalue weighted by atomic mass is 15.1. The lowest BCUT2D eigenvalue weighted by molar-refractivity contribution is -0.519. The fraction of sp³-hybridized carbons (Fsp3) is 0.417. The van der Waals surface area contributed by atoms with Crippen LogP contribution < -0.4 is 4.90 Å². The molecule has 2 aromatic rings. The van der Waals surface area contributed by atoms with E-state index in [1.54, 1.807) is 0 Å². The Morgan fingerprint density at radius 2 is 1.37 bits per heavy atom. The van der Waals surface area contributed by atoms with Crippen molar-refractivity contribution in [2.45, 2.75) is 75.2 Å². The van der Waals surface area contributed by atoms with Crippen molar-refractivity contribution in [3.05, 3.63) is 99.2 Å². The lowest BCUT2D eigenvalue weighted by Gasteiger charge is -2.24. The van der Waals surface area contributed by atoms with Crippen LogP contribution in [0.2, 0.25) is 0 Å². The quantitative estimate of drug-likeness (QED) is 0.289. The van der Waals surface area contributed by atoms with E-state index in [1.807, 2.05) is 0 Å². The number of hydrogen-bond donors (Lipinski definition) is 0. The first-order valence-corrected chi connectivity index (χ1v) is 14.7. The minimum atomic E-state index is 1.02. The second-order valence-corrected chi connectivity index (χ2v) is 10.3. The molecule has 1 aliphatic carbocycles. The molecular weight excluding hydrogens is 460 g/mol. The van der Waals surface area contributed by atoms with E-state index in [2.05, 4.69) is 132 Å². The standard InChI is InChI=1S/C36H49N2/c1-10-29(11-2)25-30-16-19-33(26(7)22-30)36(34-20-17-31(23-27(34)8)37(12-3)13-4)35-21-18-32(24-28(35)9)38(14-5)15-6/h16-25H,10-15H2,1-9H3/q+1. The summed E-state index contributed by atoms with van der Waals surface area (Å²) in [5.74, 6) is 0. The van der Waals surface area contributed by atoms with Crippen molar-refractivity contribution in [2.75, 3.05) is 31.1 Å². The van der Waals surface area contributed by atoms with Gasteiger partial charge >= 0.3 is 0 Å². The van der Waals surface area contributed by atoms with E-state index in [-0.39, 0.29) is 0 Å². The summed E-state index contributed by atoms with van der Waals surface area (Å²) >= 11 is 0. The van der Waals surface area contributed by atoms with Gasteiger partial charge in [0.05, 0.1) is 0 Å². The van der Waals surface area contributed by atoms with Crippen molar-refractivity contribution >= 4 is 23.0 Å². The summed E-state index contributed by atoms with van der Waals surface area (Å²) < 4.78 is 2.42. The predicted octanol–water partition coefficient (Wildman–Crippen LogP) is 9.16. The molecule has 2 heteroatoms. The Kier molecular flexibility index (Phi) is 10.5. The molecule has 0 aromatic heterocycles. The van der Waals surface area contributed by atoms with Crippen LogP contribution in [0.15, 0.2) is 71.3 Å². The molecule has 0 saturated heterocycles. The van der Waals surface area contributed by atoms with Crippen LogP contribution in [0.5, 0.6) is 0 Å². The number of nitrogens with zero attached hydrogens (tertiary/aromatic N) is 2. The second kappa shape index (κ2) is 13.6. The van der Waals surface area contributed by atoms with Gasteiger partial charge < -0.3 is 4.90 Å². The molecule has 0 heterocycles. The number of hydrogen-bond acceptors (Lipinski definition) is 1. The summed E-state index contributed by atoms with van der Waals surface area (Å²) in [5, 5.41) is 0. The Balaban J connectivity index is 2.27. The third-order valence-electron chi connectivity index (χ3n) is 8.01. The minimum Gasteiger partial charge on any atom is -0.372 e. The molecule has 2 aromatic carbocycles. The molecule has 0 spiro atoms. The molecule has 0 amide bonds. The van der Waals surface area contributed by atoms with Crippen LogP contribution in [0.25, 0.3) is 11.6 Å². The van der Waals surface area contributed by atoms with Gasteiger partial charge in [-0.15, -0.1) is 0 Å². The maximum Gasteiger partial charge on any atom is 0.200 e. The minimum absolute atomic E-state index is 1.02. The van der Waals surface area contributed by atoms with Gasteiger partial charge in [0.2, 0.25) is 0 Å². The molecule has 3 rings (SSSR count). The molecule has 0 radical (unpaired) electrons. The summed E-state index contributed by atoms with van der Waals surface area (Å²) in [4.78, 5) is 2.42. The highest BCUT2D eigenvalue weighted by molar-refractivity contribution is 6.05. The topological polar surface area (TPSA) is 6.25 Å². The molecule has 202 valence electrons. The maximum absolute atomic E-state index is 2.42. The molecule has 0 unspecified atom stereocenters. The summed E-state index contributed by atoms with van der Waals surface area (Å²) in [7, 11) is 0. The summed E-state index contributed by atoms with van der Waals surface area (Å²) in [6, 6.07) is 14.0. The zero-order valence-electron chi connectivity index (χ0n) is 25.4. The Hall–Kier alpha value is -3.13. The van der Waals surface area contributed by atoms with Crippen molar-refractivity contribution in [2.24, 2.45) is 0 Å². The predicted molar refractivity (Wildman–Crippen MR) is 170 cm³/mol. The fourth-order valence-corrected chi connectivity index (χ4v) is 5.61. The first-order valence-electron chi connectivity index (χ1n) is 14.7. The Bertz CT molecular complexity index is 1280. The molecule has 0 atom stereocenters. The van der Waals surface area contributed by atoms with Crippen LogP contribution >= 0.6 is 0 Å². The Morgan fingerprint density at radius 3 is 1.87 bits per heavy atom. The highest BCUT2D eigenvalue weighted by Crippen LogP contribution is 2.37. The van der Waals surface area contributed by atoms with Crippen LogP contribution in [0.1, 0.15) is 89.1 Å². The molecule has 0 saturated carbocycles. The van der Waals surface area contributed by atoms with Gasteiger partial charge in [-0.25, -0.2) is 4.58 Å². The van der Waals surface area contributed by atoms with Gasteiger partial charge in [0.25, 0.3) is 0 Å². The van der Waals surface area contributed by atoms with Crippen molar-refractivity contribution in [1.29, 1.82) is 0 Å². The second-order valence-electron chi connectivity index (χ2n) is 10.3. The summed E-state index contributed by atoms with van der Waals surface area (Å²) in [5.41, 5.74) is 14.6. The van der Waals surface area contributed by atoms with Crippen molar-refractivity contribution in [3.8, 4) is 0 Å². The average Bonchev–Trinajstić information content (AvgIpc) is 2.91. The van der Waals surface area contributed by atoms with Crippen molar-refractivity contribution in [3.63, 3.8) is 0 Å². The van der Waals surface area contributed by atoms with Gasteiger partial charge in [-0.05, 0) is 124 Å². The summed E-state index contributed by atoms with van der Waals surface area (Å²) in [6.45, 7) is 24.3. The molecule has 1 aliphatic rings. The van der Waals surface area contributed by atoms with E-state index in [0.717, 1.165) is 39.0 Å². The first-order chi connectivity index (χ1) is 18.3.